The Morgan fingerprint density at radius 2 is 1.84 bits per heavy atom. The van der Waals surface area contributed by atoms with Crippen LogP contribution >= 0.6 is 0 Å². The summed E-state index contributed by atoms with van der Waals surface area (Å²) in [7, 11) is -1.25. The molecule has 1 aromatic carbocycles. The van der Waals surface area contributed by atoms with E-state index in [0.29, 0.717) is 18.1 Å². The third kappa shape index (κ3) is 5.43. The highest BCUT2D eigenvalue weighted by Crippen LogP contribution is 2.33. The highest BCUT2D eigenvalue weighted by Gasteiger charge is 2.46. The van der Waals surface area contributed by atoms with Crippen LogP contribution in [0.1, 0.15) is 36.1 Å². The Kier molecular flexibility index (Phi) is 7.14. The summed E-state index contributed by atoms with van der Waals surface area (Å²) >= 11 is 0. The van der Waals surface area contributed by atoms with Crippen molar-refractivity contribution in [2.75, 3.05) is 6.61 Å². The first-order valence-electron chi connectivity index (χ1n) is 10.5. The average Bonchev–Trinajstić information content (AvgIpc) is 3.13. The SMILES string of the molecule is CC(=O)OC1C(=O)c2c(ncn2COCC[Si](C)(C)C)C(C)N1C(=O)Oc1ccccc1. The minimum Gasteiger partial charge on any atom is -0.433 e. The van der Waals surface area contributed by atoms with Crippen molar-refractivity contribution in [2.24, 2.45) is 0 Å². The van der Waals surface area contributed by atoms with Crippen molar-refractivity contribution in [1.82, 2.24) is 14.5 Å². The zero-order valence-electron chi connectivity index (χ0n) is 19.0. The Labute approximate surface area is 188 Å². The number of nitrogens with zero attached hydrogens (tertiary/aromatic N) is 3. The maximum atomic E-state index is 13.3. The van der Waals surface area contributed by atoms with Gasteiger partial charge in [0.25, 0.3) is 0 Å². The lowest BCUT2D eigenvalue weighted by molar-refractivity contribution is -0.152. The lowest BCUT2D eigenvalue weighted by Crippen LogP contribution is -2.53. The van der Waals surface area contributed by atoms with Gasteiger partial charge in [-0.25, -0.2) is 9.78 Å². The largest absolute Gasteiger partial charge is 0.433 e. The molecule has 9 nitrogen and oxygen atoms in total. The van der Waals surface area contributed by atoms with Gasteiger partial charge in [0.05, 0.1) is 18.1 Å². The molecule has 0 saturated heterocycles. The smallest absolute Gasteiger partial charge is 0.419 e. The number of aromatic nitrogens is 2. The molecular formula is C22H29N3O6Si. The highest BCUT2D eigenvalue weighted by atomic mass is 28.3. The number of carbonyl (C=O) groups excluding carboxylic acids is 3. The van der Waals surface area contributed by atoms with Crippen LogP contribution in [0.25, 0.3) is 0 Å². The minimum absolute atomic E-state index is 0.145. The first-order valence-corrected chi connectivity index (χ1v) is 14.2. The van der Waals surface area contributed by atoms with Crippen LogP contribution in [0.5, 0.6) is 5.75 Å². The molecule has 2 unspecified atom stereocenters. The molecule has 1 aromatic heterocycles. The Bertz CT molecular complexity index is 985. The Balaban J connectivity index is 1.84. The van der Waals surface area contributed by atoms with Crippen LogP contribution in [0.4, 0.5) is 4.79 Å². The predicted molar refractivity (Wildman–Crippen MR) is 119 cm³/mol. The maximum absolute atomic E-state index is 13.3. The van der Waals surface area contributed by atoms with Gasteiger partial charge in [-0.3, -0.25) is 14.5 Å². The molecule has 0 spiro atoms. The molecule has 0 N–H and O–H groups in total. The van der Waals surface area contributed by atoms with E-state index < -0.39 is 38.2 Å². The number of esters is 1. The van der Waals surface area contributed by atoms with Crippen LogP contribution in [0.2, 0.25) is 25.7 Å². The molecule has 0 radical (unpaired) electrons. The van der Waals surface area contributed by atoms with E-state index in [1.807, 2.05) is 0 Å². The number of ketones is 1. The molecule has 0 aliphatic carbocycles. The van der Waals surface area contributed by atoms with Crippen LogP contribution < -0.4 is 4.74 Å². The molecule has 0 fully saturated rings. The maximum Gasteiger partial charge on any atom is 0.419 e. The van der Waals surface area contributed by atoms with Crippen LogP contribution in [0.15, 0.2) is 36.7 Å². The predicted octanol–water partition coefficient (Wildman–Crippen LogP) is 3.84. The first-order chi connectivity index (χ1) is 15.1. The zero-order valence-corrected chi connectivity index (χ0v) is 20.0. The number of para-hydroxylation sites is 1. The second-order valence-electron chi connectivity index (χ2n) is 8.89. The third-order valence-corrected chi connectivity index (χ3v) is 6.76. The summed E-state index contributed by atoms with van der Waals surface area (Å²) < 4.78 is 18.0. The molecule has 1 aliphatic heterocycles. The van der Waals surface area contributed by atoms with E-state index in [1.54, 1.807) is 41.8 Å². The third-order valence-electron chi connectivity index (χ3n) is 5.05. The van der Waals surface area contributed by atoms with Gasteiger partial charge in [0.15, 0.2) is 0 Å². The molecule has 2 heterocycles. The van der Waals surface area contributed by atoms with E-state index in [0.717, 1.165) is 10.9 Å². The molecule has 0 saturated carbocycles. The van der Waals surface area contributed by atoms with Gasteiger partial charge in [-0.05, 0) is 25.1 Å². The molecule has 3 rings (SSSR count). The van der Waals surface area contributed by atoms with E-state index in [9.17, 15) is 14.4 Å². The van der Waals surface area contributed by atoms with Crippen molar-refractivity contribution in [3.8, 4) is 5.75 Å². The average molecular weight is 460 g/mol. The monoisotopic (exact) mass is 459 g/mol. The molecule has 0 bridgehead atoms. The number of rotatable bonds is 7. The summed E-state index contributed by atoms with van der Waals surface area (Å²) in [6, 6.07) is 8.80. The Hall–Kier alpha value is -2.98. The van der Waals surface area contributed by atoms with Crippen LogP contribution in [-0.4, -0.2) is 53.2 Å². The van der Waals surface area contributed by atoms with Crippen LogP contribution in [0.3, 0.4) is 0 Å². The number of hydrogen-bond acceptors (Lipinski definition) is 7. The van der Waals surface area contributed by atoms with Gasteiger partial charge in [0.1, 0.15) is 18.2 Å². The second-order valence-corrected chi connectivity index (χ2v) is 14.5. The fourth-order valence-electron chi connectivity index (χ4n) is 3.35. The quantitative estimate of drug-likeness (QED) is 0.352. The molecule has 1 amide bonds. The molecule has 1 aliphatic rings. The molecular weight excluding hydrogens is 430 g/mol. The number of hydrogen-bond donors (Lipinski definition) is 0. The summed E-state index contributed by atoms with van der Waals surface area (Å²) in [5.74, 6) is -0.926. The van der Waals surface area contributed by atoms with Gasteiger partial charge >= 0.3 is 12.1 Å². The second kappa shape index (κ2) is 9.66. The Morgan fingerprint density at radius 3 is 2.47 bits per heavy atom. The number of ether oxygens (including phenoxy) is 3. The molecule has 2 aromatic rings. The Morgan fingerprint density at radius 1 is 1.16 bits per heavy atom. The lowest BCUT2D eigenvalue weighted by atomic mass is 10.0. The van der Waals surface area contributed by atoms with Gasteiger partial charge < -0.3 is 18.8 Å². The zero-order chi connectivity index (χ0) is 23.5. The van der Waals surface area contributed by atoms with Crippen molar-refractivity contribution < 1.29 is 28.6 Å². The number of carbonyl (C=O) groups is 3. The van der Waals surface area contributed by atoms with Gasteiger partial charge in [0.2, 0.25) is 12.0 Å². The van der Waals surface area contributed by atoms with Crippen molar-refractivity contribution >= 4 is 25.9 Å². The van der Waals surface area contributed by atoms with Crippen molar-refractivity contribution in [1.29, 1.82) is 0 Å². The molecule has 2 atom stereocenters. The number of fused-ring (bicyclic) bond motifs is 1. The van der Waals surface area contributed by atoms with E-state index >= 15 is 0 Å². The minimum atomic E-state index is -1.45. The van der Waals surface area contributed by atoms with Gasteiger partial charge in [0, 0.05) is 21.6 Å². The summed E-state index contributed by atoms with van der Waals surface area (Å²) in [5.41, 5.74) is 0.665. The normalized spacial score (nSPS) is 18.3. The fourth-order valence-corrected chi connectivity index (χ4v) is 4.11. The van der Waals surface area contributed by atoms with Gasteiger partial charge in [-0.15, -0.1) is 0 Å². The summed E-state index contributed by atoms with van der Waals surface area (Å²) in [4.78, 5) is 43.4. The number of imidazole rings is 1. The summed E-state index contributed by atoms with van der Waals surface area (Å²) in [6.07, 6.45) is -0.761. The first kappa shape index (κ1) is 23.7. The van der Waals surface area contributed by atoms with Crippen LogP contribution in [0, 0.1) is 0 Å². The molecule has 10 heteroatoms. The van der Waals surface area contributed by atoms with Crippen molar-refractivity contribution in [3.05, 3.63) is 48.0 Å². The van der Waals surface area contributed by atoms with E-state index in [-0.39, 0.29) is 12.4 Å². The van der Waals surface area contributed by atoms with E-state index in [1.165, 1.54) is 13.3 Å². The number of benzene rings is 1. The number of Topliss-reactive ketones (excluding diaryl/α,β-unsaturated/α-hetero) is 1. The highest BCUT2D eigenvalue weighted by molar-refractivity contribution is 6.76. The van der Waals surface area contributed by atoms with Crippen molar-refractivity contribution in [2.45, 2.75) is 58.5 Å². The summed E-state index contributed by atoms with van der Waals surface area (Å²) in [6.45, 7) is 10.4. The standard InChI is InChI=1S/C22H29N3O6Si/c1-15-18-19(24(13-23-18)14-29-11-12-32(3,4)5)20(27)21(30-16(2)26)25(15)22(28)31-17-9-7-6-8-10-17/h6-10,13,15,21H,11-12,14H2,1-5H3. The molecule has 32 heavy (non-hydrogen) atoms. The van der Waals surface area contributed by atoms with E-state index in [4.69, 9.17) is 14.2 Å². The van der Waals surface area contributed by atoms with Crippen LogP contribution in [-0.2, 0) is 21.0 Å². The van der Waals surface area contributed by atoms with Crippen molar-refractivity contribution in [3.63, 3.8) is 0 Å². The fraction of sp³-hybridized carbons (Fsp3) is 0.455. The summed E-state index contributed by atoms with van der Waals surface area (Å²) in [5, 5.41) is 0. The van der Waals surface area contributed by atoms with Gasteiger partial charge in [-0.2, -0.15) is 0 Å². The van der Waals surface area contributed by atoms with E-state index in [2.05, 4.69) is 24.6 Å². The van der Waals surface area contributed by atoms with Gasteiger partial charge in [-0.1, -0.05) is 37.8 Å². The topological polar surface area (TPSA) is 100.0 Å². The number of amides is 1. The molecule has 172 valence electrons. The lowest BCUT2D eigenvalue weighted by Gasteiger charge is -2.37.